The first-order valence-corrected chi connectivity index (χ1v) is 5.47. The summed E-state index contributed by atoms with van der Waals surface area (Å²) >= 11 is 5.92. The SMILES string of the molecule is CCN(CCCO)c1cc(Cl)ccc1N. The third-order valence-corrected chi connectivity index (χ3v) is 2.54. The van der Waals surface area contributed by atoms with E-state index in [1.807, 2.05) is 6.07 Å². The molecule has 1 aromatic carbocycles. The Bertz CT molecular complexity index is 317. The molecular weight excluding hydrogens is 212 g/mol. The lowest BCUT2D eigenvalue weighted by atomic mass is 10.2. The Kier molecular flexibility index (Phi) is 4.72. The van der Waals surface area contributed by atoms with Gasteiger partial charge in [-0.2, -0.15) is 0 Å². The molecule has 4 heteroatoms. The van der Waals surface area contributed by atoms with Crippen molar-refractivity contribution in [3.05, 3.63) is 23.2 Å². The molecule has 3 nitrogen and oxygen atoms in total. The number of hydrogen-bond acceptors (Lipinski definition) is 3. The van der Waals surface area contributed by atoms with Gasteiger partial charge in [-0.3, -0.25) is 0 Å². The van der Waals surface area contributed by atoms with Gasteiger partial charge < -0.3 is 15.7 Å². The number of benzene rings is 1. The van der Waals surface area contributed by atoms with Gasteiger partial charge in [-0.05, 0) is 31.5 Å². The van der Waals surface area contributed by atoms with Crippen molar-refractivity contribution in [3.8, 4) is 0 Å². The first kappa shape index (κ1) is 12.1. The van der Waals surface area contributed by atoms with Crippen LogP contribution in [0.3, 0.4) is 0 Å². The van der Waals surface area contributed by atoms with E-state index >= 15 is 0 Å². The van der Waals surface area contributed by atoms with Crippen molar-refractivity contribution in [1.29, 1.82) is 0 Å². The van der Waals surface area contributed by atoms with Gasteiger partial charge in [0.15, 0.2) is 0 Å². The van der Waals surface area contributed by atoms with E-state index in [9.17, 15) is 0 Å². The smallest absolute Gasteiger partial charge is 0.0614 e. The van der Waals surface area contributed by atoms with Crippen molar-refractivity contribution in [1.82, 2.24) is 0 Å². The molecule has 0 aliphatic carbocycles. The minimum absolute atomic E-state index is 0.191. The maximum atomic E-state index is 8.80. The predicted molar refractivity (Wildman–Crippen MR) is 65.5 cm³/mol. The molecule has 15 heavy (non-hydrogen) atoms. The predicted octanol–water partition coefficient (Wildman–Crippen LogP) is 2.13. The van der Waals surface area contributed by atoms with Crippen molar-refractivity contribution < 1.29 is 5.11 Å². The van der Waals surface area contributed by atoms with Crippen molar-refractivity contribution in [3.63, 3.8) is 0 Å². The largest absolute Gasteiger partial charge is 0.397 e. The Morgan fingerprint density at radius 3 is 2.80 bits per heavy atom. The van der Waals surface area contributed by atoms with Crippen LogP contribution in [0.4, 0.5) is 11.4 Å². The molecular formula is C11H17ClN2O. The highest BCUT2D eigenvalue weighted by Crippen LogP contribution is 2.26. The van der Waals surface area contributed by atoms with E-state index in [1.54, 1.807) is 12.1 Å². The summed E-state index contributed by atoms with van der Waals surface area (Å²) in [4.78, 5) is 2.11. The summed E-state index contributed by atoms with van der Waals surface area (Å²) in [6.07, 6.45) is 0.736. The maximum absolute atomic E-state index is 8.80. The molecule has 0 spiro atoms. The molecule has 0 saturated carbocycles. The van der Waals surface area contributed by atoms with Gasteiger partial charge in [-0.1, -0.05) is 11.6 Å². The highest BCUT2D eigenvalue weighted by molar-refractivity contribution is 6.31. The third-order valence-electron chi connectivity index (χ3n) is 2.30. The number of aliphatic hydroxyl groups is 1. The first-order valence-electron chi connectivity index (χ1n) is 5.10. The number of hydrogen-bond donors (Lipinski definition) is 2. The summed E-state index contributed by atoms with van der Waals surface area (Å²) < 4.78 is 0. The zero-order valence-corrected chi connectivity index (χ0v) is 9.67. The second-order valence-corrected chi connectivity index (χ2v) is 3.80. The highest BCUT2D eigenvalue weighted by Gasteiger charge is 2.07. The molecule has 3 N–H and O–H groups in total. The molecule has 0 fully saturated rings. The van der Waals surface area contributed by atoms with Gasteiger partial charge in [-0.25, -0.2) is 0 Å². The molecule has 0 saturated heterocycles. The van der Waals surface area contributed by atoms with E-state index in [-0.39, 0.29) is 6.61 Å². The van der Waals surface area contributed by atoms with E-state index in [0.717, 1.165) is 30.9 Å². The Hall–Kier alpha value is -0.930. The standard InChI is InChI=1S/C11H17ClN2O/c1-2-14(6-3-7-15)11-8-9(12)4-5-10(11)13/h4-5,8,15H,2-3,6-7,13H2,1H3. The van der Waals surface area contributed by atoms with Crippen LogP contribution in [0, 0.1) is 0 Å². The molecule has 0 bridgehead atoms. The van der Waals surface area contributed by atoms with Crippen LogP contribution < -0.4 is 10.6 Å². The molecule has 0 aliphatic rings. The lowest BCUT2D eigenvalue weighted by Gasteiger charge is -2.24. The topological polar surface area (TPSA) is 49.5 Å². The fraction of sp³-hybridized carbons (Fsp3) is 0.455. The van der Waals surface area contributed by atoms with E-state index in [1.165, 1.54) is 0 Å². The molecule has 0 heterocycles. The van der Waals surface area contributed by atoms with Crippen LogP contribution >= 0.6 is 11.6 Å². The average molecular weight is 229 g/mol. The van der Waals surface area contributed by atoms with E-state index in [4.69, 9.17) is 22.4 Å². The van der Waals surface area contributed by atoms with Crippen molar-refractivity contribution in [2.75, 3.05) is 30.3 Å². The Labute approximate surface area is 95.5 Å². The summed E-state index contributed by atoms with van der Waals surface area (Å²) in [7, 11) is 0. The number of nitrogen functional groups attached to an aromatic ring is 1. The molecule has 0 radical (unpaired) electrons. The lowest BCUT2D eigenvalue weighted by molar-refractivity contribution is 0.289. The van der Waals surface area contributed by atoms with E-state index in [0.29, 0.717) is 5.02 Å². The van der Waals surface area contributed by atoms with Crippen molar-refractivity contribution in [2.24, 2.45) is 0 Å². The second kappa shape index (κ2) is 5.83. The van der Waals surface area contributed by atoms with Crippen molar-refractivity contribution >= 4 is 23.0 Å². The van der Waals surface area contributed by atoms with Gasteiger partial charge in [0, 0.05) is 24.7 Å². The van der Waals surface area contributed by atoms with Gasteiger partial charge in [0.1, 0.15) is 0 Å². The minimum atomic E-state index is 0.191. The summed E-state index contributed by atoms with van der Waals surface area (Å²) in [5.74, 6) is 0. The fourth-order valence-corrected chi connectivity index (χ4v) is 1.67. The number of halogens is 1. The molecule has 0 aromatic heterocycles. The van der Waals surface area contributed by atoms with Gasteiger partial charge in [0.25, 0.3) is 0 Å². The normalized spacial score (nSPS) is 10.3. The number of nitrogens with two attached hydrogens (primary N) is 1. The van der Waals surface area contributed by atoms with E-state index in [2.05, 4.69) is 11.8 Å². The van der Waals surface area contributed by atoms with Gasteiger partial charge in [-0.15, -0.1) is 0 Å². The quantitative estimate of drug-likeness (QED) is 0.760. The summed E-state index contributed by atoms with van der Waals surface area (Å²) in [5.41, 5.74) is 7.54. The molecule has 0 amide bonds. The molecule has 0 unspecified atom stereocenters. The fourth-order valence-electron chi connectivity index (χ4n) is 1.50. The minimum Gasteiger partial charge on any atom is -0.397 e. The van der Waals surface area contributed by atoms with Gasteiger partial charge in [0.05, 0.1) is 11.4 Å². The summed E-state index contributed by atoms with van der Waals surface area (Å²) in [6, 6.07) is 5.44. The Morgan fingerprint density at radius 1 is 1.47 bits per heavy atom. The maximum Gasteiger partial charge on any atom is 0.0614 e. The van der Waals surface area contributed by atoms with Crippen LogP contribution in [0.5, 0.6) is 0 Å². The zero-order valence-electron chi connectivity index (χ0n) is 8.91. The molecule has 1 aromatic rings. The number of nitrogens with zero attached hydrogens (tertiary/aromatic N) is 1. The monoisotopic (exact) mass is 228 g/mol. The number of anilines is 2. The van der Waals surface area contributed by atoms with Gasteiger partial charge in [0.2, 0.25) is 0 Å². The zero-order chi connectivity index (χ0) is 11.3. The summed E-state index contributed by atoms with van der Waals surface area (Å²) in [5, 5.41) is 9.48. The van der Waals surface area contributed by atoms with Crippen LogP contribution in [0.25, 0.3) is 0 Å². The van der Waals surface area contributed by atoms with Crippen LogP contribution in [0.1, 0.15) is 13.3 Å². The van der Waals surface area contributed by atoms with Crippen molar-refractivity contribution in [2.45, 2.75) is 13.3 Å². The molecule has 84 valence electrons. The van der Waals surface area contributed by atoms with Crippen LogP contribution in [-0.2, 0) is 0 Å². The molecule has 0 aliphatic heterocycles. The second-order valence-electron chi connectivity index (χ2n) is 3.36. The third kappa shape index (κ3) is 3.29. The number of aliphatic hydroxyl groups excluding tert-OH is 1. The van der Waals surface area contributed by atoms with Crippen LogP contribution in [-0.4, -0.2) is 24.8 Å². The van der Waals surface area contributed by atoms with Crippen LogP contribution in [0.15, 0.2) is 18.2 Å². The van der Waals surface area contributed by atoms with Crippen LogP contribution in [0.2, 0.25) is 5.02 Å². The van der Waals surface area contributed by atoms with E-state index < -0.39 is 0 Å². The average Bonchev–Trinajstić information content (AvgIpc) is 2.24. The first-order chi connectivity index (χ1) is 7.19. The number of rotatable bonds is 5. The highest BCUT2D eigenvalue weighted by atomic mass is 35.5. The molecule has 0 atom stereocenters. The lowest BCUT2D eigenvalue weighted by Crippen LogP contribution is -2.25. The summed E-state index contributed by atoms with van der Waals surface area (Å²) in [6.45, 7) is 3.89. The molecule has 1 rings (SSSR count). The Morgan fingerprint density at radius 2 is 2.20 bits per heavy atom. The van der Waals surface area contributed by atoms with Gasteiger partial charge >= 0.3 is 0 Å². The Balaban J connectivity index is 2.85.